The molecule has 0 aliphatic heterocycles. The van der Waals surface area contributed by atoms with Crippen LogP contribution >= 0.6 is 12.2 Å². The predicted octanol–water partition coefficient (Wildman–Crippen LogP) is 5.23. The number of anilines is 1. The van der Waals surface area contributed by atoms with Gasteiger partial charge in [-0.05, 0) is 53.6 Å². The van der Waals surface area contributed by atoms with E-state index >= 15 is 0 Å². The second-order valence-electron chi connectivity index (χ2n) is 7.58. The molecule has 0 radical (unpaired) electrons. The van der Waals surface area contributed by atoms with Crippen molar-refractivity contribution in [3.63, 3.8) is 0 Å². The molecule has 6 heteroatoms. The molecule has 1 amide bonds. The largest absolute Gasteiger partial charge is 0.497 e. The van der Waals surface area contributed by atoms with Gasteiger partial charge in [-0.3, -0.25) is 4.79 Å². The van der Waals surface area contributed by atoms with Gasteiger partial charge < -0.3 is 20.4 Å². The Balaban J connectivity index is 1.57. The van der Waals surface area contributed by atoms with Crippen LogP contribution in [-0.4, -0.2) is 29.5 Å². The average Bonchev–Trinajstić information content (AvgIpc) is 3.23. The summed E-state index contributed by atoms with van der Waals surface area (Å²) >= 11 is 5.66. The summed E-state index contributed by atoms with van der Waals surface area (Å²) in [5.74, 6) is 0.822. The number of hydrogen-bond acceptors (Lipinski definition) is 3. The molecule has 5 nitrogen and oxygen atoms in total. The number of aromatic nitrogens is 1. The summed E-state index contributed by atoms with van der Waals surface area (Å²) in [6, 6.07) is 24.0. The maximum atomic E-state index is 11.2. The standard InChI is InChI=1S/C26H25N3O2S/c1-17(30)29-20-11-7-19(8-12-20)26(32)28-15-23(18-9-13-21(31-2)14-10-18)24-16-27-25-6-4-3-5-22(24)25/h3-14,16,23,27H,15H2,1-2H3,(H,28,32)(H,29,30). The molecule has 0 aliphatic carbocycles. The minimum atomic E-state index is -0.0977. The first kappa shape index (κ1) is 21.6. The zero-order valence-electron chi connectivity index (χ0n) is 18.0. The highest BCUT2D eigenvalue weighted by Gasteiger charge is 2.19. The first-order chi connectivity index (χ1) is 15.5. The molecule has 1 unspecified atom stereocenters. The molecule has 1 heterocycles. The molecule has 0 fully saturated rings. The zero-order chi connectivity index (χ0) is 22.5. The van der Waals surface area contributed by atoms with Gasteiger partial charge in [0.15, 0.2) is 0 Å². The van der Waals surface area contributed by atoms with Crippen molar-refractivity contribution < 1.29 is 9.53 Å². The lowest BCUT2D eigenvalue weighted by molar-refractivity contribution is -0.114. The van der Waals surface area contributed by atoms with Crippen molar-refractivity contribution in [1.29, 1.82) is 0 Å². The molecule has 0 bridgehead atoms. The van der Waals surface area contributed by atoms with Gasteiger partial charge in [-0.1, -0.05) is 42.5 Å². The van der Waals surface area contributed by atoms with Crippen LogP contribution in [0.5, 0.6) is 5.75 Å². The molecule has 32 heavy (non-hydrogen) atoms. The number of amides is 1. The quantitative estimate of drug-likeness (QED) is 0.342. The first-order valence-electron chi connectivity index (χ1n) is 10.4. The van der Waals surface area contributed by atoms with Crippen LogP contribution < -0.4 is 15.4 Å². The number of aromatic amines is 1. The Morgan fingerprint density at radius 3 is 2.44 bits per heavy atom. The van der Waals surface area contributed by atoms with Gasteiger partial charge in [0.2, 0.25) is 5.91 Å². The fourth-order valence-corrected chi connectivity index (χ4v) is 4.05. The lowest BCUT2D eigenvalue weighted by Crippen LogP contribution is -2.28. The van der Waals surface area contributed by atoms with Gasteiger partial charge in [0, 0.05) is 47.7 Å². The van der Waals surface area contributed by atoms with Gasteiger partial charge in [-0.15, -0.1) is 0 Å². The van der Waals surface area contributed by atoms with Crippen molar-refractivity contribution in [1.82, 2.24) is 10.3 Å². The van der Waals surface area contributed by atoms with Crippen molar-refractivity contribution in [3.8, 4) is 5.75 Å². The fraction of sp³-hybridized carbons (Fsp3) is 0.154. The van der Waals surface area contributed by atoms with Crippen LogP contribution in [0.1, 0.15) is 29.5 Å². The number of methoxy groups -OCH3 is 1. The van der Waals surface area contributed by atoms with Crippen LogP contribution in [0.2, 0.25) is 0 Å². The summed E-state index contributed by atoms with van der Waals surface area (Å²) in [7, 11) is 1.67. The molecule has 3 aromatic carbocycles. The molecular weight excluding hydrogens is 418 g/mol. The van der Waals surface area contributed by atoms with E-state index < -0.39 is 0 Å². The topological polar surface area (TPSA) is 66.2 Å². The lowest BCUT2D eigenvalue weighted by Gasteiger charge is -2.20. The number of rotatable bonds is 7. The summed E-state index contributed by atoms with van der Waals surface area (Å²) in [5.41, 5.74) is 5.14. The Morgan fingerprint density at radius 1 is 1.03 bits per heavy atom. The highest BCUT2D eigenvalue weighted by molar-refractivity contribution is 7.80. The predicted molar refractivity (Wildman–Crippen MR) is 134 cm³/mol. The number of ether oxygens (including phenoxy) is 1. The van der Waals surface area contributed by atoms with E-state index in [9.17, 15) is 4.79 Å². The minimum absolute atomic E-state index is 0.0914. The van der Waals surface area contributed by atoms with Crippen LogP contribution in [-0.2, 0) is 4.79 Å². The van der Waals surface area contributed by atoms with Crippen molar-refractivity contribution in [2.45, 2.75) is 12.8 Å². The van der Waals surface area contributed by atoms with Crippen LogP contribution in [0.4, 0.5) is 5.69 Å². The lowest BCUT2D eigenvalue weighted by atomic mass is 9.90. The molecular formula is C26H25N3O2S. The number of hydrogen-bond donors (Lipinski definition) is 3. The van der Waals surface area contributed by atoms with Gasteiger partial charge in [-0.2, -0.15) is 0 Å². The third-order valence-electron chi connectivity index (χ3n) is 5.45. The highest BCUT2D eigenvalue weighted by Crippen LogP contribution is 2.31. The summed E-state index contributed by atoms with van der Waals surface area (Å²) < 4.78 is 5.33. The van der Waals surface area contributed by atoms with Crippen molar-refractivity contribution in [3.05, 3.63) is 95.7 Å². The number of thiocarbonyl (C=S) groups is 1. The van der Waals surface area contributed by atoms with Crippen molar-refractivity contribution in [2.24, 2.45) is 0 Å². The van der Waals surface area contributed by atoms with Gasteiger partial charge in [0.25, 0.3) is 0 Å². The SMILES string of the molecule is COc1ccc(C(CNC(=S)c2ccc(NC(C)=O)cc2)c2c[nH]c3ccccc23)cc1. The summed E-state index contributed by atoms with van der Waals surface area (Å²) in [4.78, 5) is 15.3. The summed E-state index contributed by atoms with van der Waals surface area (Å²) in [5, 5.41) is 7.40. The Bertz CT molecular complexity index is 1230. The summed E-state index contributed by atoms with van der Waals surface area (Å²) in [6.45, 7) is 2.13. The molecule has 0 spiro atoms. The van der Waals surface area contributed by atoms with Crippen LogP contribution in [0, 0.1) is 0 Å². The van der Waals surface area contributed by atoms with E-state index in [4.69, 9.17) is 17.0 Å². The highest BCUT2D eigenvalue weighted by atomic mass is 32.1. The van der Waals surface area contributed by atoms with Crippen LogP contribution in [0.3, 0.4) is 0 Å². The van der Waals surface area contributed by atoms with Crippen molar-refractivity contribution in [2.75, 3.05) is 19.0 Å². The van der Waals surface area contributed by atoms with E-state index in [1.165, 1.54) is 23.4 Å². The third kappa shape index (κ3) is 4.81. The Labute approximate surface area is 192 Å². The number of benzene rings is 3. The molecule has 0 aliphatic rings. The summed E-state index contributed by atoms with van der Waals surface area (Å²) in [6.07, 6.45) is 2.08. The number of nitrogens with one attached hydrogen (secondary N) is 3. The van der Waals surface area contributed by atoms with E-state index in [0.717, 1.165) is 22.5 Å². The van der Waals surface area contributed by atoms with E-state index in [1.54, 1.807) is 7.11 Å². The molecule has 4 rings (SSSR count). The average molecular weight is 444 g/mol. The molecule has 4 aromatic rings. The van der Waals surface area contributed by atoms with Gasteiger partial charge in [0.1, 0.15) is 10.7 Å². The number of para-hydroxylation sites is 1. The van der Waals surface area contributed by atoms with Gasteiger partial charge in [-0.25, -0.2) is 0 Å². The molecule has 1 atom stereocenters. The molecule has 162 valence electrons. The third-order valence-corrected chi connectivity index (χ3v) is 5.83. The van der Waals surface area contributed by atoms with E-state index in [1.807, 2.05) is 42.5 Å². The van der Waals surface area contributed by atoms with Crippen LogP contribution in [0.25, 0.3) is 10.9 Å². The van der Waals surface area contributed by atoms with Crippen LogP contribution in [0.15, 0.2) is 79.0 Å². The maximum absolute atomic E-state index is 11.2. The first-order valence-corrected chi connectivity index (χ1v) is 10.8. The van der Waals surface area contributed by atoms with E-state index in [-0.39, 0.29) is 11.8 Å². The fourth-order valence-electron chi connectivity index (χ4n) is 3.83. The second kappa shape index (κ2) is 9.66. The number of carbonyl (C=O) groups is 1. The monoisotopic (exact) mass is 443 g/mol. The number of H-pyrrole nitrogens is 1. The Morgan fingerprint density at radius 2 is 1.75 bits per heavy atom. The van der Waals surface area contributed by atoms with E-state index in [0.29, 0.717) is 11.5 Å². The Kier molecular flexibility index (Phi) is 6.52. The van der Waals surface area contributed by atoms with E-state index in [2.05, 4.69) is 52.1 Å². The van der Waals surface area contributed by atoms with Gasteiger partial charge in [0.05, 0.1) is 7.11 Å². The van der Waals surface area contributed by atoms with Crippen molar-refractivity contribution >= 4 is 39.7 Å². The number of carbonyl (C=O) groups excluding carboxylic acids is 1. The molecule has 1 aromatic heterocycles. The van der Waals surface area contributed by atoms with Gasteiger partial charge >= 0.3 is 0 Å². The molecule has 0 saturated carbocycles. The minimum Gasteiger partial charge on any atom is -0.497 e. The normalized spacial score (nSPS) is 11.7. The molecule has 3 N–H and O–H groups in total. The second-order valence-corrected chi connectivity index (χ2v) is 7.99. The Hall–Kier alpha value is -3.64. The molecule has 0 saturated heterocycles. The zero-order valence-corrected chi connectivity index (χ0v) is 18.8. The smallest absolute Gasteiger partial charge is 0.221 e. The maximum Gasteiger partial charge on any atom is 0.221 e. The number of fused-ring (bicyclic) bond motifs is 1.